The van der Waals surface area contributed by atoms with Gasteiger partial charge in [0.1, 0.15) is 0 Å². The second kappa shape index (κ2) is 13.4. The number of aryl methyl sites for hydroxylation is 1. The van der Waals surface area contributed by atoms with Gasteiger partial charge in [-0.15, -0.1) is 24.0 Å². The molecule has 3 N–H and O–H groups in total. The van der Waals surface area contributed by atoms with Crippen LogP contribution in [0.2, 0.25) is 0 Å². The van der Waals surface area contributed by atoms with Crippen LogP contribution in [0.25, 0.3) is 0 Å². The Hall–Kier alpha value is -0.820. The standard InChI is InChI=1S/C20H35N3O.HI/c1-5-17-11-9-10-12-18(17)15-22-19(21-8-4)23-16-20(6-2,7-3)13-14-24;/h9-12,24H,5-8,13-16H2,1-4H3,(H2,21,22,23);1H. The van der Waals surface area contributed by atoms with Gasteiger partial charge in [-0.3, -0.25) is 0 Å². The molecule has 0 fully saturated rings. The summed E-state index contributed by atoms with van der Waals surface area (Å²) in [5, 5.41) is 16.2. The Morgan fingerprint density at radius 2 is 1.68 bits per heavy atom. The highest BCUT2D eigenvalue weighted by molar-refractivity contribution is 14.0. The monoisotopic (exact) mass is 461 g/mol. The van der Waals surface area contributed by atoms with Crippen molar-refractivity contribution in [3.63, 3.8) is 0 Å². The maximum Gasteiger partial charge on any atom is 0.191 e. The van der Waals surface area contributed by atoms with Crippen LogP contribution >= 0.6 is 24.0 Å². The van der Waals surface area contributed by atoms with Crippen LogP contribution in [0, 0.1) is 5.41 Å². The number of aliphatic hydroxyl groups excluding tert-OH is 1. The smallest absolute Gasteiger partial charge is 0.191 e. The Kier molecular flexibility index (Phi) is 13.0. The molecule has 0 amide bonds. The molecule has 0 aliphatic carbocycles. The summed E-state index contributed by atoms with van der Waals surface area (Å²) in [5.41, 5.74) is 2.77. The summed E-state index contributed by atoms with van der Waals surface area (Å²) < 4.78 is 0. The van der Waals surface area contributed by atoms with Crippen LogP contribution in [0.5, 0.6) is 0 Å². The van der Waals surface area contributed by atoms with Crippen molar-refractivity contribution in [3.8, 4) is 0 Å². The van der Waals surface area contributed by atoms with Gasteiger partial charge in [-0.2, -0.15) is 0 Å². The summed E-state index contributed by atoms with van der Waals surface area (Å²) >= 11 is 0. The fraction of sp³-hybridized carbons (Fsp3) is 0.650. The molecule has 0 radical (unpaired) electrons. The minimum absolute atomic E-state index is 0. The Balaban J connectivity index is 0.00000576. The van der Waals surface area contributed by atoms with Gasteiger partial charge in [-0.05, 0) is 49.1 Å². The molecule has 5 heteroatoms. The summed E-state index contributed by atoms with van der Waals surface area (Å²) in [5.74, 6) is 0.854. The number of benzene rings is 1. The zero-order valence-electron chi connectivity index (χ0n) is 16.3. The highest BCUT2D eigenvalue weighted by Crippen LogP contribution is 2.29. The van der Waals surface area contributed by atoms with E-state index >= 15 is 0 Å². The van der Waals surface area contributed by atoms with Crippen molar-refractivity contribution in [2.75, 3.05) is 19.7 Å². The normalized spacial score (nSPS) is 11.8. The average Bonchev–Trinajstić information content (AvgIpc) is 2.63. The molecule has 0 saturated carbocycles. The second-order valence-corrected chi connectivity index (χ2v) is 6.35. The lowest BCUT2D eigenvalue weighted by Crippen LogP contribution is -2.43. The molecule has 0 aromatic heterocycles. The SMILES string of the molecule is CCNC(=NCc1ccccc1CC)NCC(CC)(CC)CCO.I. The molecule has 4 nitrogen and oxygen atoms in total. The van der Waals surface area contributed by atoms with Crippen LogP contribution in [0.4, 0.5) is 0 Å². The molecule has 25 heavy (non-hydrogen) atoms. The number of hydrogen-bond donors (Lipinski definition) is 3. The molecule has 0 bridgehead atoms. The molecule has 0 saturated heterocycles. The Bertz CT molecular complexity index is 501. The highest BCUT2D eigenvalue weighted by atomic mass is 127. The first kappa shape index (κ1) is 24.2. The lowest BCUT2D eigenvalue weighted by atomic mass is 9.79. The Labute approximate surface area is 170 Å². The third kappa shape index (κ3) is 7.94. The van der Waals surface area contributed by atoms with E-state index in [9.17, 15) is 5.11 Å². The fourth-order valence-corrected chi connectivity index (χ4v) is 3.01. The number of halogens is 1. The van der Waals surface area contributed by atoms with Gasteiger partial charge < -0.3 is 15.7 Å². The van der Waals surface area contributed by atoms with E-state index in [1.165, 1.54) is 11.1 Å². The van der Waals surface area contributed by atoms with Crippen LogP contribution in [0.1, 0.15) is 58.1 Å². The number of nitrogens with one attached hydrogen (secondary N) is 2. The van der Waals surface area contributed by atoms with Gasteiger partial charge in [0.05, 0.1) is 6.54 Å². The fourth-order valence-electron chi connectivity index (χ4n) is 3.01. The lowest BCUT2D eigenvalue weighted by Gasteiger charge is -2.32. The topological polar surface area (TPSA) is 56.7 Å². The van der Waals surface area contributed by atoms with Gasteiger partial charge >= 0.3 is 0 Å². The first-order chi connectivity index (χ1) is 11.6. The van der Waals surface area contributed by atoms with Crippen LogP contribution in [-0.4, -0.2) is 30.8 Å². The van der Waals surface area contributed by atoms with Gasteiger partial charge in [0.25, 0.3) is 0 Å². The van der Waals surface area contributed by atoms with E-state index in [0.29, 0.717) is 6.54 Å². The van der Waals surface area contributed by atoms with Crippen molar-refractivity contribution in [1.82, 2.24) is 10.6 Å². The van der Waals surface area contributed by atoms with Crippen molar-refractivity contribution in [1.29, 1.82) is 0 Å². The molecule has 1 aromatic rings. The predicted molar refractivity (Wildman–Crippen MR) is 119 cm³/mol. The zero-order valence-corrected chi connectivity index (χ0v) is 18.6. The predicted octanol–water partition coefficient (Wildman–Crippen LogP) is 4.11. The molecule has 1 rings (SSSR count). The van der Waals surface area contributed by atoms with E-state index in [1.807, 2.05) is 0 Å². The molecule has 1 aromatic carbocycles. The summed E-state index contributed by atoms with van der Waals surface area (Å²) in [6.45, 7) is 11.3. The number of aliphatic imine (C=N–C) groups is 1. The molecule has 0 heterocycles. The minimum atomic E-state index is 0. The van der Waals surface area contributed by atoms with Crippen LogP contribution in [-0.2, 0) is 13.0 Å². The molecule has 0 unspecified atom stereocenters. The van der Waals surface area contributed by atoms with E-state index in [4.69, 9.17) is 4.99 Å². The second-order valence-electron chi connectivity index (χ2n) is 6.35. The van der Waals surface area contributed by atoms with Crippen molar-refractivity contribution in [2.45, 2.75) is 59.9 Å². The van der Waals surface area contributed by atoms with Crippen molar-refractivity contribution in [2.24, 2.45) is 10.4 Å². The summed E-state index contributed by atoms with van der Waals surface area (Å²) in [6, 6.07) is 8.48. The molecule has 0 aliphatic rings. The molecule has 0 atom stereocenters. The number of rotatable bonds is 10. The van der Waals surface area contributed by atoms with Crippen LogP contribution in [0.15, 0.2) is 29.3 Å². The zero-order chi connectivity index (χ0) is 17.8. The van der Waals surface area contributed by atoms with Gasteiger partial charge in [-0.1, -0.05) is 45.0 Å². The van der Waals surface area contributed by atoms with E-state index in [1.54, 1.807) is 0 Å². The van der Waals surface area contributed by atoms with Gasteiger partial charge in [0.2, 0.25) is 0 Å². The number of guanidine groups is 1. The summed E-state index contributed by atoms with van der Waals surface area (Å²) in [4.78, 5) is 4.76. The number of nitrogens with zero attached hydrogens (tertiary/aromatic N) is 1. The van der Waals surface area contributed by atoms with E-state index < -0.39 is 0 Å². The van der Waals surface area contributed by atoms with Crippen LogP contribution in [0.3, 0.4) is 0 Å². The minimum Gasteiger partial charge on any atom is -0.396 e. The maximum absolute atomic E-state index is 9.37. The molecular weight excluding hydrogens is 425 g/mol. The average molecular weight is 461 g/mol. The third-order valence-corrected chi connectivity index (χ3v) is 5.02. The van der Waals surface area contributed by atoms with Crippen molar-refractivity contribution in [3.05, 3.63) is 35.4 Å². The lowest BCUT2D eigenvalue weighted by molar-refractivity contribution is 0.169. The van der Waals surface area contributed by atoms with E-state index in [0.717, 1.165) is 44.7 Å². The first-order valence-corrected chi connectivity index (χ1v) is 9.34. The van der Waals surface area contributed by atoms with Crippen molar-refractivity contribution >= 4 is 29.9 Å². The van der Waals surface area contributed by atoms with E-state index in [2.05, 4.69) is 62.6 Å². The summed E-state index contributed by atoms with van der Waals surface area (Å²) in [7, 11) is 0. The first-order valence-electron chi connectivity index (χ1n) is 9.34. The molecule has 0 spiro atoms. The van der Waals surface area contributed by atoms with Gasteiger partial charge in [0, 0.05) is 19.7 Å². The Morgan fingerprint density at radius 1 is 1.04 bits per heavy atom. The highest BCUT2D eigenvalue weighted by Gasteiger charge is 2.25. The van der Waals surface area contributed by atoms with Gasteiger partial charge in [-0.25, -0.2) is 4.99 Å². The quantitative estimate of drug-likeness (QED) is 0.279. The number of hydrogen-bond acceptors (Lipinski definition) is 2. The van der Waals surface area contributed by atoms with Crippen LogP contribution < -0.4 is 10.6 Å². The molecule has 0 aliphatic heterocycles. The maximum atomic E-state index is 9.37. The third-order valence-electron chi connectivity index (χ3n) is 5.02. The van der Waals surface area contributed by atoms with Gasteiger partial charge in [0.15, 0.2) is 5.96 Å². The molecular formula is C20H36IN3O. The van der Waals surface area contributed by atoms with E-state index in [-0.39, 0.29) is 36.0 Å². The molecule has 144 valence electrons. The number of aliphatic hydroxyl groups is 1. The Morgan fingerprint density at radius 3 is 2.20 bits per heavy atom. The summed E-state index contributed by atoms with van der Waals surface area (Å²) in [6.07, 6.45) is 3.95. The largest absolute Gasteiger partial charge is 0.396 e. The van der Waals surface area contributed by atoms with Crippen molar-refractivity contribution < 1.29 is 5.11 Å².